The summed E-state index contributed by atoms with van der Waals surface area (Å²) >= 11 is 5.66. The molecule has 0 saturated heterocycles. The molecule has 6 heteroatoms. The summed E-state index contributed by atoms with van der Waals surface area (Å²) in [5, 5.41) is 11.7. The maximum Gasteiger partial charge on any atom is 0.269 e. The molecule has 0 aliphatic heterocycles. The van der Waals surface area contributed by atoms with Gasteiger partial charge in [0, 0.05) is 19.3 Å². The van der Waals surface area contributed by atoms with Crippen molar-refractivity contribution in [2.24, 2.45) is 0 Å². The number of carbonyl (C=O) groups is 1. The number of ether oxygens (including phenoxy) is 1. The Bertz CT molecular complexity index is 343. The van der Waals surface area contributed by atoms with E-state index in [-0.39, 0.29) is 12.5 Å². The minimum absolute atomic E-state index is 0.0149. The molecule has 0 aliphatic rings. The van der Waals surface area contributed by atoms with Crippen molar-refractivity contribution in [2.75, 3.05) is 26.4 Å². The van der Waals surface area contributed by atoms with Crippen LogP contribution in [0.3, 0.4) is 0 Å². The van der Waals surface area contributed by atoms with Gasteiger partial charge in [-0.2, -0.15) is 0 Å². The van der Waals surface area contributed by atoms with E-state index in [1.165, 1.54) is 6.20 Å². The average molecular weight is 259 g/mol. The molecule has 0 aliphatic carbocycles. The zero-order valence-corrected chi connectivity index (χ0v) is 10.1. The number of pyridine rings is 1. The van der Waals surface area contributed by atoms with Crippen LogP contribution in [0.5, 0.6) is 0 Å². The van der Waals surface area contributed by atoms with Gasteiger partial charge < -0.3 is 15.2 Å². The summed E-state index contributed by atoms with van der Waals surface area (Å²) in [5.74, 6) is -0.233. The van der Waals surface area contributed by atoms with Gasteiger partial charge in [-0.1, -0.05) is 11.6 Å². The molecule has 17 heavy (non-hydrogen) atoms. The number of carbonyl (C=O) groups excluding carboxylic acids is 1. The van der Waals surface area contributed by atoms with Crippen molar-refractivity contribution in [3.05, 3.63) is 29.0 Å². The molecule has 0 spiro atoms. The number of halogens is 1. The fraction of sp³-hybridized carbons (Fsp3) is 0.455. The van der Waals surface area contributed by atoms with Crippen molar-refractivity contribution in [1.29, 1.82) is 0 Å². The molecule has 94 valence electrons. The lowest BCUT2D eigenvalue weighted by Crippen LogP contribution is -2.26. The monoisotopic (exact) mass is 258 g/mol. The van der Waals surface area contributed by atoms with Gasteiger partial charge in [0.1, 0.15) is 5.69 Å². The number of aromatic nitrogens is 1. The lowest BCUT2D eigenvalue weighted by molar-refractivity contribution is 0.0865. The van der Waals surface area contributed by atoms with Crippen molar-refractivity contribution >= 4 is 17.5 Å². The van der Waals surface area contributed by atoms with Crippen LogP contribution in [0.15, 0.2) is 18.3 Å². The Kier molecular flexibility index (Phi) is 6.54. The van der Waals surface area contributed by atoms with E-state index >= 15 is 0 Å². The molecule has 1 aromatic heterocycles. The van der Waals surface area contributed by atoms with Crippen molar-refractivity contribution in [1.82, 2.24) is 10.3 Å². The Morgan fingerprint density at radius 1 is 1.47 bits per heavy atom. The molecule has 1 heterocycles. The second kappa shape index (κ2) is 8.00. The number of aliphatic hydroxyl groups excluding tert-OH is 1. The second-order valence-electron chi connectivity index (χ2n) is 3.31. The normalized spacial score (nSPS) is 10.2. The third-order valence-corrected chi connectivity index (χ3v) is 2.17. The van der Waals surface area contributed by atoms with E-state index in [1.54, 1.807) is 12.1 Å². The summed E-state index contributed by atoms with van der Waals surface area (Å²) in [6.45, 7) is 1.36. The third kappa shape index (κ3) is 5.63. The number of nitrogens with zero attached hydrogens (tertiary/aromatic N) is 1. The summed E-state index contributed by atoms with van der Waals surface area (Å²) in [6.07, 6.45) is 2.13. The third-order valence-electron chi connectivity index (χ3n) is 1.95. The number of nitrogens with one attached hydrogen (secondary N) is 1. The minimum Gasteiger partial charge on any atom is -0.394 e. The number of rotatable bonds is 7. The fourth-order valence-electron chi connectivity index (χ4n) is 1.14. The molecular weight excluding hydrogens is 244 g/mol. The quantitative estimate of drug-likeness (QED) is 0.712. The first-order valence-electron chi connectivity index (χ1n) is 5.32. The van der Waals surface area contributed by atoms with E-state index in [0.29, 0.717) is 36.9 Å². The van der Waals surface area contributed by atoms with Crippen molar-refractivity contribution < 1.29 is 14.6 Å². The maximum atomic E-state index is 11.5. The van der Waals surface area contributed by atoms with Gasteiger partial charge in [0.15, 0.2) is 0 Å². The van der Waals surface area contributed by atoms with Crippen LogP contribution in [0.25, 0.3) is 0 Å². The van der Waals surface area contributed by atoms with Crippen LogP contribution in [-0.4, -0.2) is 42.4 Å². The zero-order chi connectivity index (χ0) is 12.5. The number of hydrogen-bond acceptors (Lipinski definition) is 4. The highest BCUT2D eigenvalue weighted by Gasteiger charge is 2.05. The fourth-order valence-corrected chi connectivity index (χ4v) is 1.26. The first-order chi connectivity index (χ1) is 8.24. The van der Waals surface area contributed by atoms with Crippen molar-refractivity contribution in [2.45, 2.75) is 6.42 Å². The van der Waals surface area contributed by atoms with Gasteiger partial charge in [0.05, 0.1) is 18.2 Å². The molecule has 0 fully saturated rings. The zero-order valence-electron chi connectivity index (χ0n) is 9.36. The predicted octanol–water partition coefficient (Wildman–Crippen LogP) is 0.864. The molecule has 1 amide bonds. The summed E-state index contributed by atoms with van der Waals surface area (Å²) in [4.78, 5) is 15.4. The minimum atomic E-state index is -0.233. The van der Waals surface area contributed by atoms with Gasteiger partial charge in [-0.25, -0.2) is 4.98 Å². The average Bonchev–Trinajstić information content (AvgIpc) is 2.34. The van der Waals surface area contributed by atoms with E-state index in [0.717, 1.165) is 0 Å². The maximum absolute atomic E-state index is 11.5. The summed E-state index contributed by atoms with van der Waals surface area (Å²) in [7, 11) is 0. The standard InChI is InChI=1S/C11H15ClN2O3/c12-9-2-3-10(14-8-9)11(16)13-4-1-6-17-7-5-15/h2-3,8,15H,1,4-7H2,(H,13,16). The van der Waals surface area contributed by atoms with Crippen LogP contribution >= 0.6 is 11.6 Å². The molecule has 0 radical (unpaired) electrons. The van der Waals surface area contributed by atoms with Crippen molar-refractivity contribution in [3.63, 3.8) is 0 Å². The van der Waals surface area contributed by atoms with E-state index < -0.39 is 0 Å². The highest BCUT2D eigenvalue weighted by molar-refractivity contribution is 6.30. The summed E-state index contributed by atoms with van der Waals surface area (Å²) < 4.78 is 5.05. The molecule has 0 saturated carbocycles. The van der Waals surface area contributed by atoms with Gasteiger partial charge in [-0.15, -0.1) is 0 Å². The molecule has 0 aromatic carbocycles. The molecule has 0 bridgehead atoms. The van der Waals surface area contributed by atoms with Crippen LogP contribution in [0.4, 0.5) is 0 Å². The van der Waals surface area contributed by atoms with Crippen LogP contribution in [0, 0.1) is 0 Å². The van der Waals surface area contributed by atoms with Crippen LogP contribution < -0.4 is 5.32 Å². The molecule has 0 unspecified atom stereocenters. The topological polar surface area (TPSA) is 71.5 Å². The number of hydrogen-bond donors (Lipinski definition) is 2. The van der Waals surface area contributed by atoms with Gasteiger partial charge in [0.25, 0.3) is 5.91 Å². The van der Waals surface area contributed by atoms with Crippen molar-refractivity contribution in [3.8, 4) is 0 Å². The molecular formula is C11H15ClN2O3. The van der Waals surface area contributed by atoms with Gasteiger partial charge in [0.2, 0.25) is 0 Å². The van der Waals surface area contributed by atoms with E-state index in [4.69, 9.17) is 21.4 Å². The molecule has 2 N–H and O–H groups in total. The lowest BCUT2D eigenvalue weighted by Gasteiger charge is -2.05. The van der Waals surface area contributed by atoms with Gasteiger partial charge in [-0.3, -0.25) is 4.79 Å². The van der Waals surface area contributed by atoms with Crippen LogP contribution in [-0.2, 0) is 4.74 Å². The lowest BCUT2D eigenvalue weighted by atomic mass is 10.3. The van der Waals surface area contributed by atoms with E-state index in [9.17, 15) is 4.79 Å². The number of amides is 1. The van der Waals surface area contributed by atoms with E-state index in [1.807, 2.05) is 0 Å². The van der Waals surface area contributed by atoms with Crippen LogP contribution in [0.2, 0.25) is 5.02 Å². The highest BCUT2D eigenvalue weighted by Crippen LogP contribution is 2.05. The molecule has 1 aromatic rings. The molecule has 5 nitrogen and oxygen atoms in total. The Morgan fingerprint density at radius 2 is 2.29 bits per heavy atom. The van der Waals surface area contributed by atoms with Gasteiger partial charge >= 0.3 is 0 Å². The first-order valence-corrected chi connectivity index (χ1v) is 5.70. The summed E-state index contributed by atoms with van der Waals surface area (Å²) in [5.41, 5.74) is 0.339. The predicted molar refractivity (Wildman–Crippen MR) is 64.1 cm³/mol. The SMILES string of the molecule is O=C(NCCCOCCO)c1ccc(Cl)cn1. The largest absolute Gasteiger partial charge is 0.394 e. The van der Waals surface area contributed by atoms with Crippen LogP contribution in [0.1, 0.15) is 16.9 Å². The Hall–Kier alpha value is -1.17. The Balaban J connectivity index is 2.19. The second-order valence-corrected chi connectivity index (χ2v) is 3.74. The summed E-state index contributed by atoms with van der Waals surface area (Å²) in [6, 6.07) is 3.19. The van der Waals surface area contributed by atoms with E-state index in [2.05, 4.69) is 10.3 Å². The smallest absolute Gasteiger partial charge is 0.269 e. The highest BCUT2D eigenvalue weighted by atomic mass is 35.5. The first kappa shape index (κ1) is 13.9. The Morgan fingerprint density at radius 3 is 2.94 bits per heavy atom. The van der Waals surface area contributed by atoms with Gasteiger partial charge in [-0.05, 0) is 18.6 Å². The Labute approximate surface area is 105 Å². The molecule has 0 atom stereocenters. The molecule has 1 rings (SSSR count). The number of aliphatic hydroxyl groups is 1.